The molecule has 98 valence electrons. The van der Waals surface area contributed by atoms with Gasteiger partial charge in [0.05, 0.1) is 11.1 Å². The van der Waals surface area contributed by atoms with Gasteiger partial charge in [0, 0.05) is 17.1 Å². The minimum Gasteiger partial charge on any atom is -0.366 e. The Balaban J connectivity index is 2.16. The van der Waals surface area contributed by atoms with Crippen LogP contribution in [0.2, 0.25) is 0 Å². The zero-order valence-electron chi connectivity index (χ0n) is 11.1. The topological polar surface area (TPSA) is 56.0 Å². The van der Waals surface area contributed by atoms with Gasteiger partial charge in [-0.25, -0.2) is 0 Å². The highest BCUT2D eigenvalue weighted by molar-refractivity contribution is 6.05. The molecular formula is C17H14N2O. The Morgan fingerprint density at radius 1 is 1.05 bits per heavy atom. The number of pyridine rings is 1. The van der Waals surface area contributed by atoms with E-state index in [9.17, 15) is 4.79 Å². The van der Waals surface area contributed by atoms with E-state index in [0.717, 1.165) is 16.5 Å². The lowest BCUT2D eigenvalue weighted by Gasteiger charge is -2.06. The Kier molecular flexibility index (Phi) is 2.95. The maximum absolute atomic E-state index is 11.4. The molecule has 1 amide bonds. The molecule has 1 heterocycles. The molecule has 1 aromatic heterocycles. The number of aryl methyl sites for hydroxylation is 1. The Bertz CT molecular complexity index is 792. The summed E-state index contributed by atoms with van der Waals surface area (Å²) in [6, 6.07) is 15.8. The molecular weight excluding hydrogens is 248 g/mol. The van der Waals surface area contributed by atoms with Gasteiger partial charge in [-0.3, -0.25) is 9.78 Å². The molecule has 0 aliphatic rings. The van der Waals surface area contributed by atoms with Crippen molar-refractivity contribution in [1.82, 2.24) is 4.98 Å². The van der Waals surface area contributed by atoms with Crippen LogP contribution in [-0.2, 0) is 0 Å². The third-order valence-electron chi connectivity index (χ3n) is 3.36. The summed E-state index contributed by atoms with van der Waals surface area (Å²) in [6.45, 7) is 2.06. The Labute approximate surface area is 117 Å². The molecule has 0 saturated heterocycles. The highest BCUT2D eigenvalue weighted by Crippen LogP contribution is 2.24. The molecule has 0 radical (unpaired) electrons. The zero-order valence-corrected chi connectivity index (χ0v) is 11.1. The standard InChI is InChI=1S/C17H14N2O/c1-11-5-7-12(8-6-11)14-9-13-3-2-4-15(17(18)20)16(13)19-10-14/h2-10H,1H3,(H2,18,20). The quantitative estimate of drug-likeness (QED) is 0.770. The number of carbonyl (C=O) groups excluding carboxylic acids is 1. The molecule has 2 aromatic carbocycles. The molecule has 0 aliphatic carbocycles. The van der Waals surface area contributed by atoms with Gasteiger partial charge >= 0.3 is 0 Å². The minimum absolute atomic E-state index is 0.453. The molecule has 20 heavy (non-hydrogen) atoms. The normalized spacial score (nSPS) is 10.7. The van der Waals surface area contributed by atoms with Gasteiger partial charge < -0.3 is 5.73 Å². The third-order valence-corrected chi connectivity index (χ3v) is 3.36. The molecule has 3 aromatic rings. The number of hydrogen-bond acceptors (Lipinski definition) is 2. The average Bonchev–Trinajstić information content (AvgIpc) is 2.46. The number of nitrogens with zero attached hydrogens (tertiary/aromatic N) is 1. The number of fused-ring (bicyclic) bond motifs is 1. The lowest BCUT2D eigenvalue weighted by Crippen LogP contribution is -2.11. The van der Waals surface area contributed by atoms with Crippen molar-refractivity contribution in [2.24, 2.45) is 5.73 Å². The SMILES string of the molecule is Cc1ccc(-c2cnc3c(C(N)=O)cccc3c2)cc1. The van der Waals surface area contributed by atoms with Gasteiger partial charge in [-0.2, -0.15) is 0 Å². The summed E-state index contributed by atoms with van der Waals surface area (Å²) in [5.74, 6) is -0.453. The van der Waals surface area contributed by atoms with Crippen LogP contribution in [0.3, 0.4) is 0 Å². The predicted molar refractivity (Wildman–Crippen MR) is 80.4 cm³/mol. The summed E-state index contributed by atoms with van der Waals surface area (Å²) in [6.07, 6.45) is 1.78. The maximum Gasteiger partial charge on any atom is 0.250 e. The van der Waals surface area contributed by atoms with Crippen LogP contribution in [0.5, 0.6) is 0 Å². The molecule has 0 saturated carbocycles. The molecule has 0 atom stereocenters. The van der Waals surface area contributed by atoms with Gasteiger partial charge in [0.2, 0.25) is 0 Å². The van der Waals surface area contributed by atoms with Crippen LogP contribution in [0.15, 0.2) is 54.7 Å². The largest absolute Gasteiger partial charge is 0.366 e. The summed E-state index contributed by atoms with van der Waals surface area (Å²) in [5, 5.41) is 0.916. The van der Waals surface area contributed by atoms with E-state index in [1.54, 1.807) is 12.3 Å². The van der Waals surface area contributed by atoms with E-state index in [1.807, 2.05) is 18.2 Å². The number of benzene rings is 2. The fourth-order valence-corrected chi connectivity index (χ4v) is 2.26. The summed E-state index contributed by atoms with van der Waals surface area (Å²) in [7, 11) is 0. The first-order chi connectivity index (χ1) is 9.65. The first-order valence-corrected chi connectivity index (χ1v) is 6.41. The Morgan fingerprint density at radius 3 is 2.50 bits per heavy atom. The molecule has 0 fully saturated rings. The van der Waals surface area contributed by atoms with Crippen molar-refractivity contribution in [2.45, 2.75) is 6.92 Å². The van der Waals surface area contributed by atoms with Crippen molar-refractivity contribution < 1.29 is 4.79 Å². The first-order valence-electron chi connectivity index (χ1n) is 6.41. The summed E-state index contributed by atoms with van der Waals surface area (Å²) in [5.41, 5.74) is 9.83. The van der Waals surface area contributed by atoms with Crippen molar-refractivity contribution in [3.8, 4) is 11.1 Å². The maximum atomic E-state index is 11.4. The number of amides is 1. The molecule has 0 spiro atoms. The van der Waals surface area contributed by atoms with Crippen LogP contribution in [0.4, 0.5) is 0 Å². The second kappa shape index (κ2) is 4.78. The molecule has 3 nitrogen and oxygen atoms in total. The van der Waals surface area contributed by atoms with Crippen LogP contribution in [0.25, 0.3) is 22.0 Å². The second-order valence-corrected chi connectivity index (χ2v) is 4.83. The number of para-hydroxylation sites is 1. The molecule has 3 heteroatoms. The minimum atomic E-state index is -0.453. The van der Waals surface area contributed by atoms with E-state index in [-0.39, 0.29) is 0 Å². The van der Waals surface area contributed by atoms with Crippen LogP contribution < -0.4 is 5.73 Å². The molecule has 3 rings (SSSR count). The third kappa shape index (κ3) is 2.14. The predicted octanol–water partition coefficient (Wildman–Crippen LogP) is 3.31. The highest BCUT2D eigenvalue weighted by atomic mass is 16.1. The summed E-state index contributed by atoms with van der Waals surface area (Å²) in [4.78, 5) is 15.8. The van der Waals surface area contributed by atoms with Crippen molar-refractivity contribution in [2.75, 3.05) is 0 Å². The van der Waals surface area contributed by atoms with Crippen molar-refractivity contribution in [3.63, 3.8) is 0 Å². The van der Waals surface area contributed by atoms with Gasteiger partial charge in [0.25, 0.3) is 5.91 Å². The van der Waals surface area contributed by atoms with Gasteiger partial charge in [0.1, 0.15) is 0 Å². The lowest BCUT2D eigenvalue weighted by molar-refractivity contribution is 0.100. The summed E-state index contributed by atoms with van der Waals surface area (Å²) >= 11 is 0. The van der Waals surface area contributed by atoms with Crippen LogP contribution in [0, 0.1) is 6.92 Å². The van der Waals surface area contributed by atoms with Gasteiger partial charge in [-0.15, -0.1) is 0 Å². The van der Waals surface area contributed by atoms with Crippen LogP contribution in [0.1, 0.15) is 15.9 Å². The highest BCUT2D eigenvalue weighted by Gasteiger charge is 2.08. The molecule has 2 N–H and O–H groups in total. The van der Waals surface area contributed by atoms with Gasteiger partial charge in [0.15, 0.2) is 0 Å². The van der Waals surface area contributed by atoms with E-state index in [0.29, 0.717) is 11.1 Å². The van der Waals surface area contributed by atoms with Crippen molar-refractivity contribution in [3.05, 3.63) is 65.9 Å². The molecule has 0 unspecified atom stereocenters. The number of carbonyl (C=O) groups is 1. The number of hydrogen-bond donors (Lipinski definition) is 1. The number of rotatable bonds is 2. The van der Waals surface area contributed by atoms with Crippen LogP contribution in [-0.4, -0.2) is 10.9 Å². The number of nitrogens with two attached hydrogens (primary N) is 1. The number of aromatic nitrogens is 1. The lowest BCUT2D eigenvalue weighted by atomic mass is 10.0. The fourth-order valence-electron chi connectivity index (χ4n) is 2.26. The molecule has 0 aliphatic heterocycles. The summed E-state index contributed by atoms with van der Waals surface area (Å²) < 4.78 is 0. The monoisotopic (exact) mass is 262 g/mol. The second-order valence-electron chi connectivity index (χ2n) is 4.83. The Hall–Kier alpha value is -2.68. The van der Waals surface area contributed by atoms with Crippen molar-refractivity contribution in [1.29, 1.82) is 0 Å². The van der Waals surface area contributed by atoms with E-state index < -0.39 is 5.91 Å². The van der Waals surface area contributed by atoms with E-state index in [4.69, 9.17) is 5.73 Å². The zero-order chi connectivity index (χ0) is 14.1. The first kappa shape index (κ1) is 12.4. The average molecular weight is 262 g/mol. The fraction of sp³-hybridized carbons (Fsp3) is 0.0588. The van der Waals surface area contributed by atoms with Gasteiger partial charge in [-0.05, 0) is 24.6 Å². The number of primary amides is 1. The molecule has 0 bridgehead atoms. The van der Waals surface area contributed by atoms with E-state index in [2.05, 4.69) is 36.2 Å². The van der Waals surface area contributed by atoms with Crippen LogP contribution >= 0.6 is 0 Å². The van der Waals surface area contributed by atoms with E-state index in [1.165, 1.54) is 5.56 Å². The van der Waals surface area contributed by atoms with Crippen molar-refractivity contribution >= 4 is 16.8 Å². The Morgan fingerprint density at radius 2 is 1.80 bits per heavy atom. The van der Waals surface area contributed by atoms with E-state index >= 15 is 0 Å². The smallest absolute Gasteiger partial charge is 0.250 e. The van der Waals surface area contributed by atoms with Gasteiger partial charge in [-0.1, -0.05) is 42.0 Å².